The van der Waals surface area contributed by atoms with Gasteiger partial charge in [-0.1, -0.05) is 68.0 Å². The monoisotopic (exact) mass is 577 g/mol. The molecule has 0 aliphatic rings. The molecule has 222 valence electrons. The molecule has 0 bridgehead atoms. The number of hydrogen-bond donors (Lipinski definition) is 2. The zero-order valence-corrected chi connectivity index (χ0v) is 26.3. The topological polar surface area (TPSA) is 87.2 Å². The Morgan fingerprint density at radius 1 is 1.02 bits per heavy atom. The van der Waals surface area contributed by atoms with Crippen molar-refractivity contribution in [3.05, 3.63) is 101 Å². The largest absolute Gasteiger partial charge is 0.354 e. The molecule has 1 aromatic heterocycles. The van der Waals surface area contributed by atoms with Crippen molar-refractivity contribution < 1.29 is 9.59 Å². The highest BCUT2D eigenvalue weighted by molar-refractivity contribution is 8.06. The average molecular weight is 578 g/mol. The van der Waals surface area contributed by atoms with E-state index in [0.29, 0.717) is 31.6 Å². The number of allylic oxidation sites excluding steroid dienone is 6. The molecule has 0 aromatic carbocycles. The van der Waals surface area contributed by atoms with Gasteiger partial charge in [-0.3, -0.25) is 9.59 Å². The molecule has 8 heteroatoms. The lowest BCUT2D eigenvalue weighted by Crippen LogP contribution is -2.26. The van der Waals surface area contributed by atoms with Gasteiger partial charge in [0.2, 0.25) is 11.8 Å². The Kier molecular flexibility index (Phi) is 16.8. The van der Waals surface area contributed by atoms with Crippen LogP contribution in [0.15, 0.2) is 95.1 Å². The number of thioether (sulfide) groups is 1. The van der Waals surface area contributed by atoms with Crippen molar-refractivity contribution in [2.24, 2.45) is 0 Å². The summed E-state index contributed by atoms with van der Waals surface area (Å²) >= 11 is 1.52. The second-order valence-corrected chi connectivity index (χ2v) is 11.1. The van der Waals surface area contributed by atoms with Crippen molar-refractivity contribution in [3.63, 3.8) is 0 Å². The smallest absolute Gasteiger partial charge is 0.229 e. The van der Waals surface area contributed by atoms with Gasteiger partial charge in [0, 0.05) is 32.1 Å². The Balaban J connectivity index is 2.41. The lowest BCUT2D eigenvalue weighted by molar-refractivity contribution is -0.128. The molecular weight excluding hydrogens is 530 g/mol. The van der Waals surface area contributed by atoms with E-state index in [9.17, 15) is 9.59 Å². The summed E-state index contributed by atoms with van der Waals surface area (Å²) < 4.78 is 0. The molecule has 7 nitrogen and oxygen atoms in total. The zero-order valence-electron chi connectivity index (χ0n) is 25.5. The van der Waals surface area contributed by atoms with Gasteiger partial charge in [-0.05, 0) is 81.6 Å². The summed E-state index contributed by atoms with van der Waals surface area (Å²) in [4.78, 5) is 27.0. The van der Waals surface area contributed by atoms with Crippen LogP contribution in [-0.2, 0) is 16.0 Å². The van der Waals surface area contributed by atoms with Gasteiger partial charge in [0.1, 0.15) is 0 Å². The maximum absolute atomic E-state index is 12.3. The van der Waals surface area contributed by atoms with Crippen LogP contribution in [0.25, 0.3) is 0 Å². The molecule has 0 spiro atoms. The van der Waals surface area contributed by atoms with Crippen molar-refractivity contribution in [1.29, 1.82) is 0 Å². The number of nitrogens with zero attached hydrogens (tertiary/aromatic N) is 3. The number of aryl methyl sites for hydroxylation is 1. The molecule has 0 fully saturated rings. The summed E-state index contributed by atoms with van der Waals surface area (Å²) in [5, 5.41) is 15.2. The Bertz CT molecular complexity index is 1180. The van der Waals surface area contributed by atoms with Gasteiger partial charge in [-0.25, -0.2) is 0 Å². The minimum absolute atomic E-state index is 0.0661. The molecule has 2 amide bonds. The minimum Gasteiger partial charge on any atom is -0.354 e. The molecule has 41 heavy (non-hydrogen) atoms. The quantitative estimate of drug-likeness (QED) is 0.0999. The van der Waals surface area contributed by atoms with E-state index in [4.69, 9.17) is 0 Å². The molecule has 0 radical (unpaired) electrons. The lowest BCUT2D eigenvalue weighted by Gasteiger charge is -2.16. The number of anilines is 1. The zero-order chi connectivity index (χ0) is 30.8. The van der Waals surface area contributed by atoms with E-state index in [0.717, 1.165) is 63.7 Å². The van der Waals surface area contributed by atoms with E-state index < -0.39 is 0 Å². The molecule has 1 heterocycles. The van der Waals surface area contributed by atoms with Gasteiger partial charge in [-0.15, -0.1) is 5.10 Å². The summed E-state index contributed by atoms with van der Waals surface area (Å²) in [6.07, 6.45) is 12.5. The number of carbonyl (C=O) groups is 2. The normalized spacial score (nSPS) is 12.0. The van der Waals surface area contributed by atoms with Crippen LogP contribution in [0.2, 0.25) is 0 Å². The third kappa shape index (κ3) is 15.1. The van der Waals surface area contributed by atoms with Crippen LogP contribution >= 0.6 is 11.8 Å². The lowest BCUT2D eigenvalue weighted by atomic mass is 10.0. The Hall–Kier alpha value is -3.65. The van der Waals surface area contributed by atoms with Crippen molar-refractivity contribution in [1.82, 2.24) is 20.4 Å². The van der Waals surface area contributed by atoms with Gasteiger partial charge in [0.15, 0.2) is 5.82 Å². The molecule has 1 rings (SSSR count). The predicted octanol–water partition coefficient (Wildman–Crippen LogP) is 7.62. The summed E-state index contributed by atoms with van der Waals surface area (Å²) in [5.41, 5.74) is 4.64. The third-order valence-corrected chi connectivity index (χ3v) is 7.16. The van der Waals surface area contributed by atoms with E-state index >= 15 is 0 Å². The van der Waals surface area contributed by atoms with E-state index in [1.54, 1.807) is 24.1 Å². The maximum atomic E-state index is 12.3. The number of nitrogens with one attached hydrogen (secondary N) is 2. The molecule has 0 aliphatic heterocycles. The molecule has 0 atom stereocenters. The molecule has 0 saturated heterocycles. The van der Waals surface area contributed by atoms with E-state index in [-0.39, 0.29) is 11.8 Å². The first-order valence-electron chi connectivity index (χ1n) is 14.0. The Morgan fingerprint density at radius 3 is 2.34 bits per heavy atom. The first kappa shape index (κ1) is 35.4. The summed E-state index contributed by atoms with van der Waals surface area (Å²) in [7, 11) is 1.80. The van der Waals surface area contributed by atoms with E-state index in [2.05, 4.69) is 47.1 Å². The molecular formula is C33H47N5O2S. The van der Waals surface area contributed by atoms with Crippen LogP contribution in [0.4, 0.5) is 5.82 Å². The van der Waals surface area contributed by atoms with Crippen molar-refractivity contribution in [3.8, 4) is 0 Å². The van der Waals surface area contributed by atoms with E-state index in [1.165, 1.54) is 11.8 Å². The first-order valence-corrected chi connectivity index (χ1v) is 14.8. The molecule has 0 unspecified atom stereocenters. The molecule has 2 N–H and O–H groups in total. The fourth-order valence-electron chi connectivity index (χ4n) is 3.61. The Labute approximate surface area is 251 Å². The van der Waals surface area contributed by atoms with Gasteiger partial charge >= 0.3 is 0 Å². The molecule has 0 saturated carbocycles. The van der Waals surface area contributed by atoms with Crippen LogP contribution < -0.4 is 10.6 Å². The third-order valence-electron chi connectivity index (χ3n) is 6.32. The number of carbonyl (C=O) groups excluding carboxylic acids is 2. The fourth-order valence-corrected chi connectivity index (χ4v) is 4.40. The van der Waals surface area contributed by atoms with Crippen LogP contribution in [-0.4, -0.2) is 40.5 Å². The summed E-state index contributed by atoms with van der Waals surface area (Å²) in [6.45, 7) is 24.7. The van der Waals surface area contributed by atoms with E-state index in [1.807, 2.05) is 52.0 Å². The number of aromatic nitrogens is 2. The SMILES string of the molecule is C=C/C(=C\C(=C/C)CC(=C)NC(=C)SC(=C)CCCCc1ccc(NC(=O)C/C(C)=C/C)nn1)CC(=O)N(C)CC. The summed E-state index contributed by atoms with van der Waals surface area (Å²) in [6, 6.07) is 3.69. The van der Waals surface area contributed by atoms with Crippen LogP contribution in [0, 0.1) is 0 Å². The highest BCUT2D eigenvalue weighted by atomic mass is 32.2. The number of amides is 2. The van der Waals surface area contributed by atoms with Gasteiger partial charge in [0.25, 0.3) is 0 Å². The van der Waals surface area contributed by atoms with Crippen LogP contribution in [0.1, 0.15) is 71.9 Å². The van der Waals surface area contributed by atoms with Gasteiger partial charge < -0.3 is 15.5 Å². The van der Waals surface area contributed by atoms with Crippen molar-refractivity contribution in [2.75, 3.05) is 18.9 Å². The van der Waals surface area contributed by atoms with Gasteiger partial charge in [-0.2, -0.15) is 5.10 Å². The first-order chi connectivity index (χ1) is 19.5. The van der Waals surface area contributed by atoms with Crippen LogP contribution in [0.5, 0.6) is 0 Å². The average Bonchev–Trinajstić information content (AvgIpc) is 2.94. The highest BCUT2D eigenvalue weighted by Crippen LogP contribution is 2.27. The number of unbranched alkanes of at least 4 members (excludes halogenated alkanes) is 1. The molecule has 1 aromatic rings. The fraction of sp³-hybridized carbons (Fsp3) is 0.394. The second-order valence-electron chi connectivity index (χ2n) is 9.82. The van der Waals surface area contributed by atoms with Crippen LogP contribution in [0.3, 0.4) is 0 Å². The van der Waals surface area contributed by atoms with Crippen molar-refractivity contribution >= 4 is 29.4 Å². The number of rotatable bonds is 19. The highest BCUT2D eigenvalue weighted by Gasteiger charge is 2.10. The van der Waals surface area contributed by atoms with Crippen molar-refractivity contribution in [2.45, 2.75) is 72.6 Å². The minimum atomic E-state index is -0.0945. The number of hydrogen-bond acceptors (Lipinski definition) is 6. The summed E-state index contributed by atoms with van der Waals surface area (Å²) in [5.74, 6) is 0.438. The maximum Gasteiger partial charge on any atom is 0.229 e. The van der Waals surface area contributed by atoms with Gasteiger partial charge in [0.05, 0.1) is 17.1 Å². The standard InChI is InChI=1S/C33H47N5O2S/c1-10-24(5)20-32(39)35-31-19-18-30(36-37-31)17-15-14-16-26(7)41-27(8)34-25(6)21-28(11-2)22-29(12-3)23-33(40)38(9)13-4/h10-12,18-19,22,34H,3,6-8,13-17,20-21,23H2,1-2,4-5,9H3,(H,35,37,39)/b24-10+,28-11-,29-22+. The second kappa shape index (κ2) is 19.4. The Morgan fingerprint density at radius 2 is 1.76 bits per heavy atom. The predicted molar refractivity (Wildman–Crippen MR) is 175 cm³/mol. The molecule has 0 aliphatic carbocycles.